The molecule has 0 saturated heterocycles. The van der Waals surface area contributed by atoms with Gasteiger partial charge in [-0.2, -0.15) is 0 Å². The fraction of sp³-hybridized carbons (Fsp3) is 0. The van der Waals surface area contributed by atoms with Crippen molar-refractivity contribution in [2.75, 3.05) is 4.90 Å². The molecule has 0 aliphatic heterocycles. The highest BCUT2D eigenvalue weighted by Crippen LogP contribution is 2.46. The Labute approximate surface area is 282 Å². The number of benzene rings is 9. The molecule has 0 N–H and O–H groups in total. The summed E-state index contributed by atoms with van der Waals surface area (Å²) in [5.41, 5.74) is 5.84. The topological polar surface area (TPSA) is 3.24 Å². The summed E-state index contributed by atoms with van der Waals surface area (Å²) in [6, 6.07) is 64.6. The van der Waals surface area contributed by atoms with Crippen molar-refractivity contribution in [3.05, 3.63) is 176 Å². The van der Waals surface area contributed by atoms with Gasteiger partial charge >= 0.3 is 0 Å². The molecule has 10 aromatic rings. The molecule has 1 heterocycles. The maximum Gasteiger partial charge on any atom is 0.0540 e. The van der Waals surface area contributed by atoms with Crippen LogP contribution in [0.25, 0.3) is 74.4 Å². The smallest absolute Gasteiger partial charge is 0.0540 e. The summed E-state index contributed by atoms with van der Waals surface area (Å²) >= 11 is 1.87. The van der Waals surface area contributed by atoms with Crippen molar-refractivity contribution in [1.82, 2.24) is 0 Å². The Kier molecular flexibility index (Phi) is 6.12. The van der Waals surface area contributed by atoms with Crippen molar-refractivity contribution < 1.29 is 0 Å². The standard InChI is InChI=1S/C46H29NS/c1-2-10-30(11-3-1)34-14-8-15-35(28-34)47(36-24-27-43-41(29-36)46-38-17-7-5-13-32(38)23-26-44(46)48-43)42-19-9-18-40-39(42)25-22-33-21-20-31-12-4-6-16-37(31)45(33)40/h1-29H. The Morgan fingerprint density at radius 3 is 1.81 bits per heavy atom. The molecular formula is C46H29NS. The van der Waals surface area contributed by atoms with Crippen molar-refractivity contribution in [3.63, 3.8) is 0 Å². The second kappa shape index (κ2) is 10.8. The van der Waals surface area contributed by atoms with Crippen LogP contribution in [-0.2, 0) is 0 Å². The normalized spacial score (nSPS) is 11.8. The summed E-state index contributed by atoms with van der Waals surface area (Å²) in [7, 11) is 0. The van der Waals surface area contributed by atoms with Gasteiger partial charge in [-0.15, -0.1) is 11.3 Å². The molecule has 48 heavy (non-hydrogen) atoms. The van der Waals surface area contributed by atoms with Crippen LogP contribution in [0, 0.1) is 0 Å². The summed E-state index contributed by atoms with van der Waals surface area (Å²) in [5, 5.41) is 12.8. The Morgan fingerprint density at radius 1 is 0.333 bits per heavy atom. The van der Waals surface area contributed by atoms with Gasteiger partial charge < -0.3 is 4.90 Å². The second-order valence-corrected chi connectivity index (χ2v) is 13.6. The molecule has 1 aromatic heterocycles. The summed E-state index contributed by atoms with van der Waals surface area (Å²) < 4.78 is 2.63. The molecule has 0 radical (unpaired) electrons. The van der Waals surface area contributed by atoms with Gasteiger partial charge in [-0.1, -0.05) is 133 Å². The van der Waals surface area contributed by atoms with Gasteiger partial charge in [0.25, 0.3) is 0 Å². The van der Waals surface area contributed by atoms with Crippen molar-refractivity contribution >= 4 is 91.7 Å². The molecule has 2 heteroatoms. The van der Waals surface area contributed by atoms with E-state index < -0.39 is 0 Å². The lowest BCUT2D eigenvalue weighted by Crippen LogP contribution is -2.10. The van der Waals surface area contributed by atoms with E-state index in [9.17, 15) is 0 Å². The zero-order chi connectivity index (χ0) is 31.6. The minimum Gasteiger partial charge on any atom is -0.310 e. The van der Waals surface area contributed by atoms with Gasteiger partial charge in [0.05, 0.1) is 5.69 Å². The van der Waals surface area contributed by atoms with E-state index >= 15 is 0 Å². The average molecular weight is 628 g/mol. The molecule has 1 nitrogen and oxygen atoms in total. The molecule has 0 saturated carbocycles. The highest BCUT2D eigenvalue weighted by Gasteiger charge is 2.19. The number of hydrogen-bond acceptors (Lipinski definition) is 2. The zero-order valence-corrected chi connectivity index (χ0v) is 26.9. The third-order valence-electron chi connectivity index (χ3n) is 9.80. The minimum atomic E-state index is 1.13. The van der Waals surface area contributed by atoms with Gasteiger partial charge in [0, 0.05) is 36.9 Å². The van der Waals surface area contributed by atoms with E-state index in [0.29, 0.717) is 0 Å². The lowest BCUT2D eigenvalue weighted by atomic mass is 9.95. The Morgan fingerprint density at radius 2 is 0.958 bits per heavy atom. The van der Waals surface area contributed by atoms with E-state index in [-0.39, 0.29) is 0 Å². The molecule has 0 fully saturated rings. The lowest BCUT2D eigenvalue weighted by molar-refractivity contribution is 1.30. The van der Waals surface area contributed by atoms with Crippen molar-refractivity contribution in [2.24, 2.45) is 0 Å². The minimum absolute atomic E-state index is 1.13. The van der Waals surface area contributed by atoms with Crippen LogP contribution in [0.3, 0.4) is 0 Å². The van der Waals surface area contributed by atoms with E-state index in [0.717, 1.165) is 17.1 Å². The molecule has 0 unspecified atom stereocenters. The van der Waals surface area contributed by atoms with Gasteiger partial charge in [-0.25, -0.2) is 0 Å². The van der Waals surface area contributed by atoms with Gasteiger partial charge in [0.1, 0.15) is 0 Å². The third kappa shape index (κ3) is 4.24. The number of thiophene rings is 1. The molecule has 9 aromatic carbocycles. The Bertz CT molecular complexity index is 2850. The van der Waals surface area contributed by atoms with Crippen LogP contribution in [0.5, 0.6) is 0 Å². The SMILES string of the molecule is c1ccc(-c2cccc(N(c3ccc4sc5ccc6ccccc6c5c4c3)c3cccc4c3ccc3ccc5ccccc5c34)c2)cc1. The van der Waals surface area contributed by atoms with Crippen LogP contribution >= 0.6 is 11.3 Å². The number of nitrogens with zero attached hydrogens (tertiary/aromatic N) is 1. The summed E-state index contributed by atoms with van der Waals surface area (Å²) in [6.07, 6.45) is 0. The molecule has 0 atom stereocenters. The molecule has 0 bridgehead atoms. The zero-order valence-electron chi connectivity index (χ0n) is 26.1. The lowest BCUT2D eigenvalue weighted by Gasteiger charge is -2.28. The summed E-state index contributed by atoms with van der Waals surface area (Å²) in [4.78, 5) is 2.46. The number of anilines is 3. The van der Waals surface area contributed by atoms with Gasteiger partial charge in [-0.3, -0.25) is 0 Å². The molecule has 0 aliphatic rings. The fourth-order valence-corrected chi connectivity index (χ4v) is 8.70. The first-order valence-corrected chi connectivity index (χ1v) is 17.2. The first-order valence-electron chi connectivity index (χ1n) is 16.4. The van der Waals surface area contributed by atoms with Crippen LogP contribution in [0.15, 0.2) is 176 Å². The third-order valence-corrected chi connectivity index (χ3v) is 10.9. The maximum atomic E-state index is 2.46. The predicted molar refractivity (Wildman–Crippen MR) is 209 cm³/mol. The first kappa shape index (κ1) is 27.2. The predicted octanol–water partition coefficient (Wildman–Crippen LogP) is 13.8. The van der Waals surface area contributed by atoms with E-state index in [2.05, 4.69) is 181 Å². The van der Waals surface area contributed by atoms with Crippen LogP contribution in [0.4, 0.5) is 17.1 Å². The monoisotopic (exact) mass is 627 g/mol. The second-order valence-electron chi connectivity index (χ2n) is 12.5. The Hall–Kier alpha value is -5.96. The molecule has 0 aliphatic carbocycles. The van der Waals surface area contributed by atoms with Gasteiger partial charge in [0.2, 0.25) is 0 Å². The van der Waals surface area contributed by atoms with Crippen LogP contribution < -0.4 is 4.90 Å². The largest absolute Gasteiger partial charge is 0.310 e. The number of rotatable bonds is 4. The maximum absolute atomic E-state index is 2.46. The van der Waals surface area contributed by atoms with E-state index in [4.69, 9.17) is 0 Å². The number of hydrogen-bond donors (Lipinski definition) is 0. The highest BCUT2D eigenvalue weighted by atomic mass is 32.1. The molecule has 10 rings (SSSR count). The fourth-order valence-electron chi connectivity index (χ4n) is 7.60. The van der Waals surface area contributed by atoms with E-state index in [1.165, 1.54) is 74.4 Å². The first-order chi connectivity index (χ1) is 23.8. The average Bonchev–Trinajstić information content (AvgIpc) is 3.54. The van der Waals surface area contributed by atoms with E-state index in [1.54, 1.807) is 0 Å². The molecular weight excluding hydrogens is 599 g/mol. The van der Waals surface area contributed by atoms with Gasteiger partial charge in [-0.05, 0) is 91.3 Å². The summed E-state index contributed by atoms with van der Waals surface area (Å²) in [5.74, 6) is 0. The van der Waals surface area contributed by atoms with Crippen molar-refractivity contribution in [3.8, 4) is 11.1 Å². The molecule has 224 valence electrons. The molecule has 0 spiro atoms. The van der Waals surface area contributed by atoms with Crippen LogP contribution in [0.1, 0.15) is 0 Å². The quantitative estimate of drug-likeness (QED) is 0.176. The van der Waals surface area contributed by atoms with Crippen molar-refractivity contribution in [2.45, 2.75) is 0 Å². The van der Waals surface area contributed by atoms with Crippen molar-refractivity contribution in [1.29, 1.82) is 0 Å². The number of fused-ring (bicyclic) bond motifs is 10. The van der Waals surface area contributed by atoms with Crippen LogP contribution in [0.2, 0.25) is 0 Å². The van der Waals surface area contributed by atoms with E-state index in [1.807, 2.05) is 11.3 Å². The van der Waals surface area contributed by atoms with Crippen LogP contribution in [-0.4, -0.2) is 0 Å². The van der Waals surface area contributed by atoms with Gasteiger partial charge in [0.15, 0.2) is 0 Å². The summed E-state index contributed by atoms with van der Waals surface area (Å²) in [6.45, 7) is 0. The Balaban J connectivity index is 1.27. The highest BCUT2D eigenvalue weighted by molar-refractivity contribution is 7.26. The molecule has 0 amide bonds.